The van der Waals surface area contributed by atoms with Crippen LogP contribution in [0.2, 0.25) is 0 Å². The quantitative estimate of drug-likeness (QED) is 0.524. The SMILES string of the molecule is CCCCCCCC(=O)N1CCC(C(=O)c2ccccc2)CC1. The predicted molar refractivity (Wildman–Crippen MR) is 93.5 cm³/mol. The van der Waals surface area contributed by atoms with E-state index in [1.165, 1.54) is 19.3 Å². The Hall–Kier alpha value is -1.64. The highest BCUT2D eigenvalue weighted by Crippen LogP contribution is 2.22. The number of Topliss-reactive ketones (excluding diaryl/α,β-unsaturated/α-hetero) is 1. The molecule has 0 bridgehead atoms. The van der Waals surface area contributed by atoms with E-state index in [0.29, 0.717) is 6.42 Å². The van der Waals surface area contributed by atoms with Gasteiger partial charge in [0.1, 0.15) is 0 Å². The molecule has 0 atom stereocenters. The van der Waals surface area contributed by atoms with Crippen LogP contribution in [0.5, 0.6) is 0 Å². The fourth-order valence-electron chi connectivity index (χ4n) is 3.27. The topological polar surface area (TPSA) is 37.4 Å². The Morgan fingerprint density at radius 2 is 1.65 bits per heavy atom. The summed E-state index contributed by atoms with van der Waals surface area (Å²) in [6.07, 6.45) is 8.16. The molecule has 0 aromatic heterocycles. The summed E-state index contributed by atoms with van der Waals surface area (Å²) in [5, 5.41) is 0. The first-order chi connectivity index (χ1) is 11.2. The van der Waals surface area contributed by atoms with E-state index in [9.17, 15) is 9.59 Å². The second-order valence-electron chi connectivity index (χ2n) is 6.55. The van der Waals surface area contributed by atoms with Crippen molar-refractivity contribution in [2.75, 3.05) is 13.1 Å². The van der Waals surface area contributed by atoms with E-state index in [1.807, 2.05) is 35.2 Å². The van der Waals surface area contributed by atoms with E-state index < -0.39 is 0 Å². The van der Waals surface area contributed by atoms with Gasteiger partial charge in [-0.05, 0) is 19.3 Å². The van der Waals surface area contributed by atoms with Crippen molar-refractivity contribution >= 4 is 11.7 Å². The first-order valence-electron chi connectivity index (χ1n) is 9.09. The molecule has 3 nitrogen and oxygen atoms in total. The van der Waals surface area contributed by atoms with Crippen LogP contribution < -0.4 is 0 Å². The lowest BCUT2D eigenvalue weighted by Crippen LogP contribution is -2.40. The van der Waals surface area contributed by atoms with Gasteiger partial charge in [-0.3, -0.25) is 9.59 Å². The number of hydrogen-bond donors (Lipinski definition) is 0. The lowest BCUT2D eigenvalue weighted by atomic mass is 9.89. The predicted octanol–water partition coefficient (Wildman–Crippen LogP) is 4.47. The van der Waals surface area contributed by atoms with Crippen molar-refractivity contribution in [3.8, 4) is 0 Å². The van der Waals surface area contributed by atoms with Gasteiger partial charge in [-0.2, -0.15) is 0 Å². The third-order valence-electron chi connectivity index (χ3n) is 4.77. The summed E-state index contributed by atoms with van der Waals surface area (Å²) in [4.78, 5) is 26.6. The molecule has 1 aromatic carbocycles. The van der Waals surface area contributed by atoms with Crippen LogP contribution in [0.25, 0.3) is 0 Å². The molecule has 0 saturated carbocycles. The Morgan fingerprint density at radius 1 is 1.00 bits per heavy atom. The van der Waals surface area contributed by atoms with Crippen LogP contribution in [0.15, 0.2) is 30.3 Å². The van der Waals surface area contributed by atoms with Gasteiger partial charge in [-0.15, -0.1) is 0 Å². The number of carbonyl (C=O) groups excluding carboxylic acids is 2. The van der Waals surface area contributed by atoms with Gasteiger partial charge in [0, 0.05) is 31.0 Å². The second kappa shape index (κ2) is 9.49. The minimum Gasteiger partial charge on any atom is -0.343 e. The number of piperidine rings is 1. The summed E-state index contributed by atoms with van der Waals surface area (Å²) >= 11 is 0. The Labute approximate surface area is 140 Å². The summed E-state index contributed by atoms with van der Waals surface area (Å²) in [5.41, 5.74) is 0.799. The normalized spacial score (nSPS) is 15.6. The number of rotatable bonds is 8. The Bertz CT molecular complexity index is 490. The van der Waals surface area contributed by atoms with Crippen LogP contribution in [0.3, 0.4) is 0 Å². The van der Waals surface area contributed by atoms with E-state index in [-0.39, 0.29) is 17.6 Å². The zero-order valence-corrected chi connectivity index (χ0v) is 14.3. The minimum absolute atomic E-state index is 0.0750. The molecular weight excluding hydrogens is 286 g/mol. The first-order valence-corrected chi connectivity index (χ1v) is 9.09. The Balaban J connectivity index is 1.71. The molecule has 0 unspecified atom stereocenters. The summed E-state index contributed by atoms with van der Waals surface area (Å²) in [6.45, 7) is 3.67. The number of carbonyl (C=O) groups is 2. The number of ketones is 1. The van der Waals surface area contributed by atoms with Gasteiger partial charge in [0.05, 0.1) is 0 Å². The van der Waals surface area contributed by atoms with Gasteiger partial charge in [-0.1, -0.05) is 62.9 Å². The van der Waals surface area contributed by atoms with E-state index in [1.54, 1.807) is 0 Å². The van der Waals surface area contributed by atoms with Crippen molar-refractivity contribution in [2.24, 2.45) is 5.92 Å². The summed E-state index contributed by atoms with van der Waals surface area (Å²) in [7, 11) is 0. The number of nitrogens with zero attached hydrogens (tertiary/aromatic N) is 1. The standard InChI is InChI=1S/C20H29NO2/c1-2-3-4-5-9-12-19(22)21-15-13-18(14-16-21)20(23)17-10-7-6-8-11-17/h6-8,10-11,18H,2-5,9,12-16H2,1H3. The number of benzene rings is 1. The van der Waals surface area contributed by atoms with Crippen molar-refractivity contribution in [1.82, 2.24) is 4.90 Å². The second-order valence-corrected chi connectivity index (χ2v) is 6.55. The van der Waals surface area contributed by atoms with E-state index >= 15 is 0 Å². The van der Waals surface area contributed by atoms with Crippen molar-refractivity contribution in [2.45, 2.75) is 58.3 Å². The maximum Gasteiger partial charge on any atom is 0.222 e. The molecule has 1 aliphatic heterocycles. The number of amides is 1. The average Bonchev–Trinajstić information content (AvgIpc) is 2.61. The van der Waals surface area contributed by atoms with Crippen LogP contribution in [0.4, 0.5) is 0 Å². The molecule has 1 heterocycles. The lowest BCUT2D eigenvalue weighted by Gasteiger charge is -2.31. The number of unbranched alkanes of at least 4 members (excludes halogenated alkanes) is 4. The average molecular weight is 315 g/mol. The van der Waals surface area contributed by atoms with Crippen LogP contribution in [-0.4, -0.2) is 29.7 Å². The van der Waals surface area contributed by atoms with Gasteiger partial charge in [0.15, 0.2) is 5.78 Å². The summed E-state index contributed by atoms with van der Waals surface area (Å²) in [5.74, 6) is 0.579. The van der Waals surface area contributed by atoms with Crippen molar-refractivity contribution in [3.63, 3.8) is 0 Å². The number of likely N-dealkylation sites (tertiary alicyclic amines) is 1. The molecule has 1 saturated heterocycles. The minimum atomic E-state index is 0.0750. The summed E-state index contributed by atoms with van der Waals surface area (Å²) < 4.78 is 0. The van der Waals surface area contributed by atoms with E-state index in [0.717, 1.165) is 44.3 Å². The van der Waals surface area contributed by atoms with Crippen molar-refractivity contribution in [1.29, 1.82) is 0 Å². The molecule has 0 N–H and O–H groups in total. The molecule has 3 heteroatoms. The first kappa shape index (κ1) is 17.7. The molecule has 0 spiro atoms. The lowest BCUT2D eigenvalue weighted by molar-refractivity contribution is -0.132. The monoisotopic (exact) mass is 315 g/mol. The van der Waals surface area contributed by atoms with Gasteiger partial charge < -0.3 is 4.90 Å². The van der Waals surface area contributed by atoms with Crippen LogP contribution >= 0.6 is 0 Å². The molecule has 0 radical (unpaired) electrons. The third-order valence-corrected chi connectivity index (χ3v) is 4.77. The maximum absolute atomic E-state index is 12.4. The van der Waals surface area contributed by atoms with Crippen molar-refractivity contribution in [3.05, 3.63) is 35.9 Å². The highest BCUT2D eigenvalue weighted by atomic mass is 16.2. The molecule has 126 valence electrons. The summed E-state index contributed by atoms with van der Waals surface area (Å²) in [6, 6.07) is 9.51. The van der Waals surface area contributed by atoms with Crippen LogP contribution in [0.1, 0.15) is 68.6 Å². The Morgan fingerprint density at radius 3 is 2.30 bits per heavy atom. The highest BCUT2D eigenvalue weighted by molar-refractivity contribution is 5.98. The van der Waals surface area contributed by atoms with Gasteiger partial charge >= 0.3 is 0 Å². The largest absolute Gasteiger partial charge is 0.343 e. The molecule has 2 rings (SSSR count). The smallest absolute Gasteiger partial charge is 0.222 e. The van der Waals surface area contributed by atoms with Gasteiger partial charge in [0.25, 0.3) is 0 Å². The van der Waals surface area contributed by atoms with Gasteiger partial charge in [0.2, 0.25) is 5.91 Å². The third kappa shape index (κ3) is 5.49. The molecule has 0 aliphatic carbocycles. The van der Waals surface area contributed by atoms with E-state index in [2.05, 4.69) is 6.92 Å². The highest BCUT2D eigenvalue weighted by Gasteiger charge is 2.27. The molecule has 23 heavy (non-hydrogen) atoms. The fourth-order valence-corrected chi connectivity index (χ4v) is 3.27. The zero-order valence-electron chi connectivity index (χ0n) is 14.3. The molecule has 1 amide bonds. The fraction of sp³-hybridized carbons (Fsp3) is 0.600. The van der Waals surface area contributed by atoms with Crippen molar-refractivity contribution < 1.29 is 9.59 Å². The van der Waals surface area contributed by atoms with Crippen LogP contribution in [0, 0.1) is 5.92 Å². The number of hydrogen-bond acceptors (Lipinski definition) is 2. The van der Waals surface area contributed by atoms with Crippen LogP contribution in [-0.2, 0) is 4.79 Å². The zero-order chi connectivity index (χ0) is 16.5. The maximum atomic E-state index is 12.4. The van der Waals surface area contributed by atoms with E-state index in [4.69, 9.17) is 0 Å². The molecule has 1 aliphatic rings. The van der Waals surface area contributed by atoms with Gasteiger partial charge in [-0.25, -0.2) is 0 Å². The molecule has 1 fully saturated rings. The Kier molecular flexibility index (Phi) is 7.31. The molecular formula is C20H29NO2. The molecule has 1 aromatic rings.